The van der Waals surface area contributed by atoms with Crippen molar-refractivity contribution in [2.45, 2.75) is 25.9 Å². The third-order valence-corrected chi connectivity index (χ3v) is 2.73. The van der Waals surface area contributed by atoms with Crippen molar-refractivity contribution in [2.75, 3.05) is 40.8 Å². The van der Waals surface area contributed by atoms with E-state index in [2.05, 4.69) is 21.7 Å². The zero-order valence-electron chi connectivity index (χ0n) is 10.8. The van der Waals surface area contributed by atoms with Crippen LogP contribution in [0.3, 0.4) is 0 Å². The van der Waals surface area contributed by atoms with Gasteiger partial charge in [-0.15, -0.1) is 24.0 Å². The molecular weight excluding hydrogens is 317 g/mol. The van der Waals surface area contributed by atoms with Gasteiger partial charge in [-0.05, 0) is 19.8 Å². The summed E-state index contributed by atoms with van der Waals surface area (Å²) in [5.74, 6) is 1.07. The van der Waals surface area contributed by atoms with Gasteiger partial charge >= 0.3 is 0 Å². The van der Waals surface area contributed by atoms with Gasteiger partial charge in [-0.2, -0.15) is 0 Å². The smallest absolute Gasteiger partial charge is 0.195 e. The molecular formula is C11H24IN3O. The van der Waals surface area contributed by atoms with Gasteiger partial charge in [-0.3, -0.25) is 4.99 Å². The van der Waals surface area contributed by atoms with Crippen LogP contribution < -0.4 is 0 Å². The molecule has 0 N–H and O–H groups in total. The van der Waals surface area contributed by atoms with Crippen LogP contribution in [0.2, 0.25) is 0 Å². The monoisotopic (exact) mass is 341 g/mol. The molecule has 0 amide bonds. The summed E-state index contributed by atoms with van der Waals surface area (Å²) < 4.78 is 5.62. The van der Waals surface area contributed by atoms with Crippen molar-refractivity contribution in [2.24, 2.45) is 4.99 Å². The average molecular weight is 341 g/mol. The van der Waals surface area contributed by atoms with Crippen LogP contribution in [-0.4, -0.2) is 62.7 Å². The number of halogens is 1. The molecule has 5 heteroatoms. The van der Waals surface area contributed by atoms with Crippen molar-refractivity contribution >= 4 is 29.9 Å². The Bertz CT molecular complexity index is 213. The molecule has 1 fully saturated rings. The van der Waals surface area contributed by atoms with Crippen molar-refractivity contribution in [3.63, 3.8) is 0 Å². The summed E-state index contributed by atoms with van der Waals surface area (Å²) in [5.41, 5.74) is 0. The largest absolute Gasteiger partial charge is 0.378 e. The van der Waals surface area contributed by atoms with Crippen molar-refractivity contribution in [1.82, 2.24) is 9.80 Å². The van der Waals surface area contributed by atoms with Gasteiger partial charge in [-0.25, -0.2) is 0 Å². The molecule has 1 heterocycles. The lowest BCUT2D eigenvalue weighted by atomic mass is 10.1. The van der Waals surface area contributed by atoms with E-state index in [1.807, 2.05) is 21.1 Å². The highest BCUT2D eigenvalue weighted by molar-refractivity contribution is 14.0. The van der Waals surface area contributed by atoms with Gasteiger partial charge in [0.1, 0.15) is 0 Å². The number of hydrogen-bond acceptors (Lipinski definition) is 2. The third-order valence-electron chi connectivity index (χ3n) is 2.73. The first-order valence-corrected chi connectivity index (χ1v) is 5.69. The summed E-state index contributed by atoms with van der Waals surface area (Å²) in [7, 11) is 5.93. The average Bonchev–Trinajstić information content (AvgIpc) is 2.21. The number of guanidine groups is 1. The van der Waals surface area contributed by atoms with E-state index < -0.39 is 0 Å². The number of aliphatic imine (C=N–C) groups is 1. The Morgan fingerprint density at radius 2 is 1.94 bits per heavy atom. The van der Waals surface area contributed by atoms with Crippen LogP contribution in [0.5, 0.6) is 0 Å². The van der Waals surface area contributed by atoms with Crippen LogP contribution in [0.1, 0.15) is 19.8 Å². The van der Waals surface area contributed by atoms with E-state index >= 15 is 0 Å². The van der Waals surface area contributed by atoms with E-state index in [4.69, 9.17) is 4.74 Å². The van der Waals surface area contributed by atoms with Gasteiger partial charge in [0.25, 0.3) is 0 Å². The van der Waals surface area contributed by atoms with E-state index in [-0.39, 0.29) is 24.0 Å². The molecule has 0 bridgehead atoms. The van der Waals surface area contributed by atoms with Crippen LogP contribution >= 0.6 is 24.0 Å². The molecule has 0 aromatic rings. The molecule has 1 saturated heterocycles. The summed E-state index contributed by atoms with van der Waals surface area (Å²) >= 11 is 0. The maximum atomic E-state index is 5.62. The van der Waals surface area contributed by atoms with Crippen molar-refractivity contribution < 1.29 is 4.74 Å². The number of hydrogen-bond donors (Lipinski definition) is 0. The molecule has 1 aliphatic heterocycles. The summed E-state index contributed by atoms with van der Waals surface area (Å²) in [6.07, 6.45) is 2.67. The fourth-order valence-corrected chi connectivity index (χ4v) is 2.08. The second-order valence-corrected chi connectivity index (χ2v) is 4.06. The Labute approximate surface area is 116 Å². The quantitative estimate of drug-likeness (QED) is 0.434. The first-order chi connectivity index (χ1) is 7.19. The minimum absolute atomic E-state index is 0. The predicted octanol–water partition coefficient (Wildman–Crippen LogP) is 1.65. The Morgan fingerprint density at radius 3 is 2.31 bits per heavy atom. The van der Waals surface area contributed by atoms with Crippen LogP contribution in [0.4, 0.5) is 0 Å². The number of rotatable bonds is 2. The van der Waals surface area contributed by atoms with Crippen LogP contribution in [-0.2, 0) is 4.74 Å². The lowest BCUT2D eigenvalue weighted by Gasteiger charge is -2.36. The SMILES string of the molecule is CCOC1CCN(C(=NC)N(C)C)CC1.I. The zero-order valence-corrected chi connectivity index (χ0v) is 13.1. The van der Waals surface area contributed by atoms with Crippen LogP contribution in [0.25, 0.3) is 0 Å². The van der Waals surface area contributed by atoms with Crippen molar-refractivity contribution in [1.29, 1.82) is 0 Å². The standard InChI is InChI=1S/C11H23N3O.HI/c1-5-15-10-6-8-14(9-7-10)11(12-2)13(3)4;/h10H,5-9H2,1-4H3;1H. The third kappa shape index (κ3) is 4.45. The molecule has 16 heavy (non-hydrogen) atoms. The molecule has 0 aromatic heterocycles. The van der Waals surface area contributed by atoms with Gasteiger partial charge < -0.3 is 14.5 Å². The Morgan fingerprint density at radius 1 is 1.38 bits per heavy atom. The lowest BCUT2D eigenvalue weighted by molar-refractivity contribution is 0.0254. The van der Waals surface area contributed by atoms with Crippen LogP contribution in [0.15, 0.2) is 4.99 Å². The molecule has 0 unspecified atom stereocenters. The maximum Gasteiger partial charge on any atom is 0.195 e. The maximum absolute atomic E-state index is 5.62. The number of ether oxygens (including phenoxy) is 1. The van der Waals surface area contributed by atoms with Crippen molar-refractivity contribution in [3.05, 3.63) is 0 Å². The Hall–Kier alpha value is -0.0400. The van der Waals surface area contributed by atoms with E-state index in [1.165, 1.54) is 0 Å². The predicted molar refractivity (Wildman–Crippen MR) is 78.7 cm³/mol. The topological polar surface area (TPSA) is 28.1 Å². The highest BCUT2D eigenvalue weighted by atomic mass is 127. The van der Waals surface area contributed by atoms with E-state index in [0.29, 0.717) is 6.10 Å². The zero-order chi connectivity index (χ0) is 11.3. The summed E-state index contributed by atoms with van der Waals surface area (Å²) in [6.45, 7) is 4.99. The molecule has 0 aliphatic carbocycles. The van der Waals surface area contributed by atoms with Crippen LogP contribution in [0, 0.1) is 0 Å². The van der Waals surface area contributed by atoms with Gasteiger partial charge in [0.2, 0.25) is 0 Å². The fraction of sp³-hybridized carbons (Fsp3) is 0.909. The molecule has 0 spiro atoms. The number of nitrogens with zero attached hydrogens (tertiary/aromatic N) is 3. The van der Waals surface area contributed by atoms with Gasteiger partial charge in [0, 0.05) is 40.8 Å². The number of piperidine rings is 1. The normalized spacial score (nSPS) is 18.2. The number of likely N-dealkylation sites (tertiary alicyclic amines) is 1. The van der Waals surface area contributed by atoms with Gasteiger partial charge in [0.15, 0.2) is 5.96 Å². The van der Waals surface area contributed by atoms with Gasteiger partial charge in [0.05, 0.1) is 6.10 Å². The molecule has 0 radical (unpaired) electrons. The molecule has 1 aliphatic rings. The minimum atomic E-state index is 0. The fourth-order valence-electron chi connectivity index (χ4n) is 2.08. The highest BCUT2D eigenvalue weighted by Gasteiger charge is 2.22. The second-order valence-electron chi connectivity index (χ2n) is 4.06. The summed E-state index contributed by atoms with van der Waals surface area (Å²) in [4.78, 5) is 8.71. The molecule has 96 valence electrons. The molecule has 1 rings (SSSR count). The molecule has 4 nitrogen and oxygen atoms in total. The molecule has 0 aromatic carbocycles. The summed E-state index contributed by atoms with van der Waals surface area (Å²) in [6, 6.07) is 0. The van der Waals surface area contributed by atoms with Crippen molar-refractivity contribution in [3.8, 4) is 0 Å². The van der Waals surface area contributed by atoms with E-state index in [0.717, 1.165) is 38.5 Å². The molecule has 0 atom stereocenters. The molecule has 0 saturated carbocycles. The van der Waals surface area contributed by atoms with E-state index in [1.54, 1.807) is 0 Å². The minimum Gasteiger partial charge on any atom is -0.378 e. The first-order valence-electron chi connectivity index (χ1n) is 5.69. The van der Waals surface area contributed by atoms with Gasteiger partial charge in [-0.1, -0.05) is 0 Å². The highest BCUT2D eigenvalue weighted by Crippen LogP contribution is 2.14. The first kappa shape index (κ1) is 16.0. The summed E-state index contributed by atoms with van der Waals surface area (Å²) in [5, 5.41) is 0. The second kappa shape index (κ2) is 8.11. The lowest BCUT2D eigenvalue weighted by Crippen LogP contribution is -2.46. The Balaban J connectivity index is 0.00000225. The Kier molecular flexibility index (Phi) is 8.09. The van der Waals surface area contributed by atoms with E-state index in [9.17, 15) is 0 Å².